The van der Waals surface area contributed by atoms with E-state index < -0.39 is 0 Å². The molecule has 0 aliphatic carbocycles. The Kier molecular flexibility index (Phi) is 6.29. The van der Waals surface area contributed by atoms with Crippen LogP contribution < -0.4 is 10.3 Å². The van der Waals surface area contributed by atoms with Crippen LogP contribution in [0.4, 0.5) is 5.69 Å². The van der Waals surface area contributed by atoms with Gasteiger partial charge < -0.3 is 14.1 Å². The zero-order chi connectivity index (χ0) is 20.8. The van der Waals surface area contributed by atoms with Crippen LogP contribution in [0.1, 0.15) is 17.3 Å². The summed E-state index contributed by atoms with van der Waals surface area (Å²) in [6.07, 6.45) is 0. The van der Waals surface area contributed by atoms with E-state index in [1.54, 1.807) is 31.2 Å². The maximum Gasteiger partial charge on any atom is 0.338 e. The van der Waals surface area contributed by atoms with Gasteiger partial charge in [0.1, 0.15) is 11.2 Å². The molecule has 0 saturated carbocycles. The van der Waals surface area contributed by atoms with Gasteiger partial charge in [0.25, 0.3) is 0 Å². The number of carbonyl (C=O) groups excluding carboxylic acids is 1. The minimum Gasteiger partial charge on any atom is -0.462 e. The first-order chi connectivity index (χ1) is 14.0. The van der Waals surface area contributed by atoms with Gasteiger partial charge in [0.15, 0.2) is 0 Å². The Labute approximate surface area is 169 Å². The maximum absolute atomic E-state index is 12.0. The quantitative estimate of drug-likeness (QED) is 0.369. The van der Waals surface area contributed by atoms with Gasteiger partial charge in [-0.25, -0.2) is 4.79 Å². The predicted molar refractivity (Wildman–Crippen MR) is 117 cm³/mol. The molecular formula is C24H23NO4. The minimum absolute atomic E-state index is 0.0347. The molecule has 0 N–H and O–H groups in total. The highest BCUT2D eigenvalue weighted by molar-refractivity contribution is 5.90. The van der Waals surface area contributed by atoms with Gasteiger partial charge in [-0.3, -0.25) is 4.79 Å². The van der Waals surface area contributed by atoms with E-state index in [2.05, 4.69) is 0 Å². The van der Waals surface area contributed by atoms with Gasteiger partial charge in [-0.05, 0) is 55.5 Å². The summed E-state index contributed by atoms with van der Waals surface area (Å²) in [5, 5.41) is 1.27. The van der Waals surface area contributed by atoms with Crippen LogP contribution in [0.5, 0.6) is 0 Å². The maximum atomic E-state index is 12.0. The molecule has 1 aromatic heterocycles. The summed E-state index contributed by atoms with van der Waals surface area (Å²) in [4.78, 5) is 25.3. The van der Waals surface area contributed by atoms with Gasteiger partial charge in [0, 0.05) is 19.8 Å². The molecular weight excluding hydrogens is 366 g/mol. The number of nitrogens with zero attached hydrogens (tertiary/aromatic N) is 1. The normalized spacial score (nSPS) is 10.3. The van der Waals surface area contributed by atoms with Crippen molar-refractivity contribution in [3.63, 3.8) is 0 Å². The molecule has 0 bridgehead atoms. The van der Waals surface area contributed by atoms with Crippen LogP contribution in [0.3, 0.4) is 0 Å². The van der Waals surface area contributed by atoms with Crippen LogP contribution in [-0.4, -0.2) is 26.7 Å². The molecule has 148 valence electrons. The second-order valence-corrected chi connectivity index (χ2v) is 6.59. The summed E-state index contributed by atoms with van der Waals surface area (Å²) in [6.45, 7) is 2.21. The third-order valence-electron chi connectivity index (χ3n) is 4.38. The van der Waals surface area contributed by atoms with Crippen LogP contribution in [0.2, 0.25) is 0 Å². The standard InChI is InChI=1S/C13H8O2.C11H15NO2/c14-13-9-5-1-3-7-11(9)15-12-8-4-2-6-10(12)13;1-4-14-11(13)9-5-7-10(8-6-9)12(2)3/h1-8H;5-8H,4H2,1-3H3. The highest BCUT2D eigenvalue weighted by Gasteiger charge is 2.06. The average Bonchev–Trinajstić information content (AvgIpc) is 2.75. The van der Waals surface area contributed by atoms with E-state index in [0.29, 0.717) is 34.1 Å². The van der Waals surface area contributed by atoms with Crippen molar-refractivity contribution in [3.8, 4) is 0 Å². The average molecular weight is 389 g/mol. The van der Waals surface area contributed by atoms with Gasteiger partial charge in [0.05, 0.1) is 22.9 Å². The van der Waals surface area contributed by atoms with E-state index in [9.17, 15) is 9.59 Å². The number of hydrogen-bond donors (Lipinski definition) is 0. The summed E-state index contributed by atoms with van der Waals surface area (Å²) in [5.74, 6) is -0.266. The lowest BCUT2D eigenvalue weighted by Gasteiger charge is -2.12. The monoisotopic (exact) mass is 389 g/mol. The number of esters is 1. The predicted octanol–water partition coefficient (Wildman–Crippen LogP) is 4.88. The highest BCUT2D eigenvalue weighted by Crippen LogP contribution is 2.17. The first-order valence-corrected chi connectivity index (χ1v) is 9.36. The van der Waals surface area contributed by atoms with E-state index in [1.807, 2.05) is 67.5 Å². The molecule has 5 heteroatoms. The summed E-state index contributed by atoms with van der Waals surface area (Å²) in [5.41, 5.74) is 2.98. The second-order valence-electron chi connectivity index (χ2n) is 6.59. The van der Waals surface area contributed by atoms with Crippen LogP contribution in [-0.2, 0) is 4.74 Å². The molecule has 0 aliphatic rings. The van der Waals surface area contributed by atoms with Gasteiger partial charge in [-0.2, -0.15) is 0 Å². The minimum atomic E-state index is -0.266. The Morgan fingerprint density at radius 2 is 1.38 bits per heavy atom. The van der Waals surface area contributed by atoms with Crippen LogP contribution in [0, 0.1) is 0 Å². The third-order valence-corrected chi connectivity index (χ3v) is 4.38. The number of para-hydroxylation sites is 2. The topological polar surface area (TPSA) is 59.8 Å². The number of rotatable bonds is 3. The Morgan fingerprint density at radius 3 is 1.86 bits per heavy atom. The summed E-state index contributed by atoms with van der Waals surface area (Å²) >= 11 is 0. The Bertz CT molecular complexity index is 1120. The van der Waals surface area contributed by atoms with Crippen molar-refractivity contribution in [3.05, 3.63) is 88.6 Å². The largest absolute Gasteiger partial charge is 0.462 e. The fraction of sp³-hybridized carbons (Fsp3) is 0.167. The molecule has 0 fully saturated rings. The van der Waals surface area contributed by atoms with Gasteiger partial charge in [-0.15, -0.1) is 0 Å². The molecule has 0 aliphatic heterocycles. The van der Waals surface area contributed by atoms with Crippen molar-refractivity contribution in [1.82, 2.24) is 0 Å². The molecule has 4 aromatic rings. The molecule has 0 saturated heterocycles. The van der Waals surface area contributed by atoms with E-state index in [1.165, 1.54) is 0 Å². The number of ether oxygens (including phenoxy) is 1. The smallest absolute Gasteiger partial charge is 0.338 e. The zero-order valence-corrected chi connectivity index (χ0v) is 16.7. The fourth-order valence-electron chi connectivity index (χ4n) is 2.86. The van der Waals surface area contributed by atoms with Crippen molar-refractivity contribution in [2.75, 3.05) is 25.6 Å². The second kappa shape index (κ2) is 9.06. The lowest BCUT2D eigenvalue weighted by Crippen LogP contribution is -2.09. The Balaban J connectivity index is 0.000000166. The van der Waals surface area contributed by atoms with Gasteiger partial charge in [0.2, 0.25) is 5.43 Å². The molecule has 0 atom stereocenters. The highest BCUT2D eigenvalue weighted by atomic mass is 16.5. The van der Waals surface area contributed by atoms with Crippen molar-refractivity contribution in [2.24, 2.45) is 0 Å². The summed E-state index contributed by atoms with van der Waals surface area (Å²) in [6, 6.07) is 21.9. The Hall–Kier alpha value is -3.60. The number of benzene rings is 3. The molecule has 0 amide bonds. The van der Waals surface area contributed by atoms with Crippen molar-refractivity contribution in [2.45, 2.75) is 6.92 Å². The zero-order valence-electron chi connectivity index (χ0n) is 16.7. The number of anilines is 1. The van der Waals surface area contributed by atoms with E-state index in [-0.39, 0.29) is 11.4 Å². The molecule has 0 unspecified atom stereocenters. The van der Waals surface area contributed by atoms with Gasteiger partial charge >= 0.3 is 5.97 Å². The molecule has 29 heavy (non-hydrogen) atoms. The summed E-state index contributed by atoms with van der Waals surface area (Å²) < 4.78 is 10.5. The SMILES string of the molecule is CCOC(=O)c1ccc(N(C)C)cc1.O=c1c2ccccc2oc2ccccc12. The molecule has 5 nitrogen and oxygen atoms in total. The van der Waals surface area contributed by atoms with E-state index in [0.717, 1.165) is 5.69 Å². The molecule has 3 aromatic carbocycles. The van der Waals surface area contributed by atoms with E-state index >= 15 is 0 Å². The van der Waals surface area contributed by atoms with Crippen LogP contribution >= 0.6 is 0 Å². The van der Waals surface area contributed by atoms with Crippen molar-refractivity contribution in [1.29, 1.82) is 0 Å². The number of carbonyl (C=O) groups is 1. The lowest BCUT2D eigenvalue weighted by molar-refractivity contribution is 0.0526. The van der Waals surface area contributed by atoms with E-state index in [4.69, 9.17) is 9.15 Å². The fourth-order valence-corrected chi connectivity index (χ4v) is 2.86. The first-order valence-electron chi connectivity index (χ1n) is 9.36. The third kappa shape index (κ3) is 4.63. The summed E-state index contributed by atoms with van der Waals surface area (Å²) in [7, 11) is 3.92. The molecule has 0 spiro atoms. The van der Waals surface area contributed by atoms with Crippen molar-refractivity contribution < 1.29 is 13.9 Å². The first kappa shape index (κ1) is 20.1. The molecule has 0 radical (unpaired) electrons. The molecule has 1 heterocycles. The van der Waals surface area contributed by atoms with Crippen LogP contribution in [0.15, 0.2) is 82.0 Å². The number of fused-ring (bicyclic) bond motifs is 2. The Morgan fingerprint density at radius 1 is 0.862 bits per heavy atom. The lowest BCUT2D eigenvalue weighted by atomic mass is 10.1. The van der Waals surface area contributed by atoms with Gasteiger partial charge in [-0.1, -0.05) is 24.3 Å². The van der Waals surface area contributed by atoms with Crippen molar-refractivity contribution >= 4 is 33.6 Å². The van der Waals surface area contributed by atoms with Crippen LogP contribution in [0.25, 0.3) is 21.9 Å². The molecule has 4 rings (SSSR count). The number of hydrogen-bond acceptors (Lipinski definition) is 5.